The number of amides is 1. The van der Waals surface area contributed by atoms with Gasteiger partial charge in [-0.15, -0.1) is 0 Å². The Morgan fingerprint density at radius 1 is 0.974 bits per heavy atom. The monoisotopic (exact) mass is 516 g/mol. The summed E-state index contributed by atoms with van der Waals surface area (Å²) in [6.45, 7) is 14.5. The van der Waals surface area contributed by atoms with E-state index in [9.17, 15) is 10.1 Å². The molecule has 0 bridgehead atoms. The molecule has 0 aliphatic heterocycles. The fourth-order valence-electron chi connectivity index (χ4n) is 3.43. The summed E-state index contributed by atoms with van der Waals surface area (Å²) < 4.78 is 17.3. The molecule has 0 fully saturated rings. The van der Waals surface area contributed by atoms with Crippen molar-refractivity contribution in [3.05, 3.63) is 65.5 Å². The Labute approximate surface area is 225 Å². The maximum Gasteiger partial charge on any atom is 0.407 e. The third-order valence-electron chi connectivity index (χ3n) is 5.12. The highest BCUT2D eigenvalue weighted by atomic mass is 16.6. The van der Waals surface area contributed by atoms with E-state index in [1.807, 2.05) is 51.1 Å². The van der Waals surface area contributed by atoms with Crippen molar-refractivity contribution in [2.45, 2.75) is 60.5 Å². The minimum Gasteiger partial charge on any atom is -0.477 e. The molecule has 0 saturated carbocycles. The number of nitrogens with one attached hydrogen (secondary N) is 1. The Hall–Kier alpha value is -4.12. The first kappa shape index (κ1) is 28.5. The number of hydrogen-bond donors (Lipinski definition) is 1. The Morgan fingerprint density at radius 3 is 2.29 bits per heavy atom. The minimum absolute atomic E-state index is 0.0217. The number of carbonyl (C=O) groups is 1. The maximum absolute atomic E-state index is 11.9. The van der Waals surface area contributed by atoms with Crippen molar-refractivity contribution in [2.24, 2.45) is 5.41 Å². The number of carbonyl (C=O) groups excluding carboxylic acids is 1. The van der Waals surface area contributed by atoms with Gasteiger partial charge in [-0.2, -0.15) is 15.2 Å². The van der Waals surface area contributed by atoms with Gasteiger partial charge in [-0.1, -0.05) is 45.0 Å². The minimum atomic E-state index is -0.530. The van der Waals surface area contributed by atoms with Gasteiger partial charge in [0.25, 0.3) is 0 Å². The number of nitriles is 1. The molecular weight excluding hydrogens is 480 g/mol. The summed E-state index contributed by atoms with van der Waals surface area (Å²) in [5.74, 6) is 1.80. The van der Waals surface area contributed by atoms with Crippen molar-refractivity contribution in [3.8, 4) is 34.7 Å². The van der Waals surface area contributed by atoms with Gasteiger partial charge in [-0.25, -0.2) is 4.79 Å². The third kappa shape index (κ3) is 9.07. The van der Waals surface area contributed by atoms with Gasteiger partial charge >= 0.3 is 6.09 Å². The molecule has 38 heavy (non-hydrogen) atoms. The molecule has 8 heteroatoms. The molecule has 2 aromatic carbocycles. The number of rotatable bonds is 8. The van der Waals surface area contributed by atoms with Gasteiger partial charge in [0.15, 0.2) is 0 Å². The van der Waals surface area contributed by atoms with E-state index in [2.05, 4.69) is 42.1 Å². The van der Waals surface area contributed by atoms with E-state index in [1.165, 1.54) is 0 Å². The van der Waals surface area contributed by atoms with Crippen molar-refractivity contribution >= 4 is 6.09 Å². The van der Waals surface area contributed by atoms with Crippen LogP contribution < -0.4 is 14.8 Å². The molecule has 3 aromatic rings. The van der Waals surface area contributed by atoms with Crippen LogP contribution in [0.25, 0.3) is 11.1 Å². The van der Waals surface area contributed by atoms with Gasteiger partial charge in [0, 0.05) is 12.1 Å². The smallest absolute Gasteiger partial charge is 0.407 e. The summed E-state index contributed by atoms with van der Waals surface area (Å²) >= 11 is 0. The van der Waals surface area contributed by atoms with Gasteiger partial charge < -0.3 is 19.5 Å². The molecule has 0 radical (unpaired) electrons. The van der Waals surface area contributed by atoms with Gasteiger partial charge in [0.2, 0.25) is 11.8 Å². The Balaban J connectivity index is 1.77. The molecule has 0 aliphatic carbocycles. The first-order chi connectivity index (χ1) is 17.8. The quantitative estimate of drug-likeness (QED) is 0.359. The SMILES string of the molecule is Cc1nc(OCC(C)(C)C)cc(Oc2cc(C#N)ccc2-c2ccc(CCNC(=O)OC(C)(C)C)cc2)n1. The van der Waals surface area contributed by atoms with E-state index in [-0.39, 0.29) is 5.41 Å². The molecule has 0 atom stereocenters. The number of nitrogens with zero attached hydrogens (tertiary/aromatic N) is 3. The van der Waals surface area contributed by atoms with E-state index >= 15 is 0 Å². The molecule has 3 rings (SSSR count). The number of benzene rings is 2. The summed E-state index contributed by atoms with van der Waals surface area (Å²) in [5, 5.41) is 12.2. The van der Waals surface area contributed by atoms with Gasteiger partial charge in [0.05, 0.1) is 24.3 Å². The highest BCUT2D eigenvalue weighted by molar-refractivity contribution is 5.72. The molecule has 0 spiro atoms. The van der Waals surface area contributed by atoms with Crippen LogP contribution in [-0.2, 0) is 11.2 Å². The zero-order valence-electron chi connectivity index (χ0n) is 23.2. The maximum atomic E-state index is 11.9. The van der Waals surface area contributed by atoms with Crippen LogP contribution in [0.2, 0.25) is 0 Å². The molecule has 1 amide bonds. The van der Waals surface area contributed by atoms with Crippen LogP contribution in [0.3, 0.4) is 0 Å². The number of aromatic nitrogens is 2. The molecule has 1 N–H and O–H groups in total. The first-order valence-electron chi connectivity index (χ1n) is 12.6. The van der Waals surface area contributed by atoms with Crippen LogP contribution in [0, 0.1) is 23.7 Å². The van der Waals surface area contributed by atoms with E-state index in [4.69, 9.17) is 14.2 Å². The molecule has 1 heterocycles. The number of ether oxygens (including phenoxy) is 3. The zero-order chi connectivity index (χ0) is 27.9. The van der Waals surface area contributed by atoms with Crippen molar-refractivity contribution in [1.29, 1.82) is 5.26 Å². The lowest BCUT2D eigenvalue weighted by atomic mass is 9.99. The van der Waals surface area contributed by atoms with Crippen LogP contribution in [0.15, 0.2) is 48.5 Å². The largest absolute Gasteiger partial charge is 0.477 e. The lowest BCUT2D eigenvalue weighted by Crippen LogP contribution is -2.33. The highest BCUT2D eigenvalue weighted by Gasteiger charge is 2.16. The van der Waals surface area contributed by atoms with E-state index in [1.54, 1.807) is 25.1 Å². The second-order valence-electron chi connectivity index (χ2n) is 11.2. The fourth-order valence-corrected chi connectivity index (χ4v) is 3.43. The molecule has 0 unspecified atom stereocenters. The molecular formula is C30H36N4O4. The van der Waals surface area contributed by atoms with Crippen LogP contribution in [0.5, 0.6) is 17.5 Å². The standard InChI is InChI=1S/C30H36N4O4/c1-20-33-26(36-19-29(2,3)4)17-27(34-20)37-25-16-22(18-31)10-13-24(25)23-11-8-21(9-12-23)14-15-32-28(35)38-30(5,6)7/h8-13,16-17H,14-15,19H2,1-7H3,(H,32,35). The Kier molecular flexibility index (Phi) is 8.95. The van der Waals surface area contributed by atoms with Crippen molar-refractivity contribution in [2.75, 3.05) is 13.2 Å². The van der Waals surface area contributed by atoms with E-state index in [0.717, 1.165) is 16.7 Å². The average Bonchev–Trinajstić information content (AvgIpc) is 2.81. The summed E-state index contributed by atoms with van der Waals surface area (Å²) in [6.07, 6.45) is 0.230. The normalized spacial score (nSPS) is 11.4. The van der Waals surface area contributed by atoms with E-state index in [0.29, 0.717) is 48.5 Å². The second-order valence-corrected chi connectivity index (χ2v) is 11.2. The third-order valence-corrected chi connectivity index (χ3v) is 5.12. The van der Waals surface area contributed by atoms with Crippen molar-refractivity contribution < 1.29 is 19.0 Å². The lowest BCUT2D eigenvalue weighted by molar-refractivity contribution is 0.0528. The number of alkyl carbamates (subject to hydrolysis) is 1. The topological polar surface area (TPSA) is 106 Å². The molecule has 200 valence electrons. The summed E-state index contributed by atoms with van der Waals surface area (Å²) in [4.78, 5) is 20.6. The van der Waals surface area contributed by atoms with Gasteiger partial charge in [-0.3, -0.25) is 0 Å². The molecule has 8 nitrogen and oxygen atoms in total. The summed E-state index contributed by atoms with van der Waals surface area (Å²) in [5.41, 5.74) is 2.72. The summed E-state index contributed by atoms with van der Waals surface area (Å²) in [7, 11) is 0. The Bertz CT molecular complexity index is 1300. The predicted octanol–water partition coefficient (Wildman–Crippen LogP) is 6.61. The van der Waals surface area contributed by atoms with Crippen molar-refractivity contribution in [1.82, 2.24) is 15.3 Å². The zero-order valence-corrected chi connectivity index (χ0v) is 23.2. The molecule has 0 saturated heterocycles. The highest BCUT2D eigenvalue weighted by Crippen LogP contribution is 2.35. The van der Waals surface area contributed by atoms with Gasteiger partial charge in [-0.05, 0) is 68.9 Å². The van der Waals surface area contributed by atoms with Crippen molar-refractivity contribution in [3.63, 3.8) is 0 Å². The predicted molar refractivity (Wildman–Crippen MR) is 146 cm³/mol. The molecule has 1 aromatic heterocycles. The summed E-state index contributed by atoms with van der Waals surface area (Å²) in [6, 6.07) is 17.1. The number of aryl methyl sites for hydroxylation is 1. The van der Waals surface area contributed by atoms with Crippen LogP contribution in [-0.4, -0.2) is 34.8 Å². The second kappa shape index (κ2) is 12.0. The van der Waals surface area contributed by atoms with Crippen LogP contribution in [0.1, 0.15) is 58.5 Å². The molecule has 0 aliphatic rings. The number of hydrogen-bond acceptors (Lipinski definition) is 7. The first-order valence-corrected chi connectivity index (χ1v) is 12.6. The fraction of sp³-hybridized carbons (Fsp3) is 0.400. The Morgan fingerprint density at radius 2 is 1.66 bits per heavy atom. The average molecular weight is 517 g/mol. The van der Waals surface area contributed by atoms with Crippen LogP contribution >= 0.6 is 0 Å². The van der Waals surface area contributed by atoms with E-state index < -0.39 is 11.7 Å². The van der Waals surface area contributed by atoms with Gasteiger partial charge in [0.1, 0.15) is 17.2 Å². The lowest BCUT2D eigenvalue weighted by Gasteiger charge is -2.19. The van der Waals surface area contributed by atoms with Crippen LogP contribution in [0.4, 0.5) is 4.79 Å².